The van der Waals surface area contributed by atoms with Gasteiger partial charge in [0.15, 0.2) is 11.5 Å². The van der Waals surface area contributed by atoms with Crippen molar-refractivity contribution in [2.24, 2.45) is 0 Å². The molecule has 0 saturated carbocycles. The van der Waals surface area contributed by atoms with E-state index in [2.05, 4.69) is 15.0 Å². The van der Waals surface area contributed by atoms with E-state index in [0.717, 1.165) is 58.2 Å². The van der Waals surface area contributed by atoms with Gasteiger partial charge in [0.25, 0.3) is 0 Å². The summed E-state index contributed by atoms with van der Waals surface area (Å²) < 4.78 is 5.91. The van der Waals surface area contributed by atoms with Gasteiger partial charge in [-0.05, 0) is 36.4 Å². The van der Waals surface area contributed by atoms with Crippen LogP contribution in [0.25, 0.3) is 21.3 Å². The van der Waals surface area contributed by atoms with E-state index in [0.29, 0.717) is 5.75 Å². The third kappa shape index (κ3) is 3.38. The van der Waals surface area contributed by atoms with E-state index >= 15 is 0 Å². The van der Waals surface area contributed by atoms with E-state index in [1.807, 2.05) is 40.6 Å². The first-order valence-electron chi connectivity index (χ1n) is 9.22. The van der Waals surface area contributed by atoms with Crippen LogP contribution < -0.4 is 0 Å². The van der Waals surface area contributed by atoms with Crippen molar-refractivity contribution >= 4 is 50.3 Å². The number of piperidine rings is 1. The summed E-state index contributed by atoms with van der Waals surface area (Å²) in [7, 11) is 0. The highest BCUT2D eigenvalue weighted by atomic mass is 32.2. The maximum absolute atomic E-state index is 12.7. The molecule has 1 saturated heterocycles. The standard InChI is InChI=1S/C20H18N4O2S2/c25-17(11-28-20-14-7-10-27-19(14)21-12-22-20)24-8-5-13(6-9-24)18-23-15-3-1-2-4-16(15)26-18/h1-4,7,10,12-13H,5-6,8-9,11H2. The molecule has 0 spiro atoms. The van der Waals surface area contributed by atoms with Crippen LogP contribution in [0.5, 0.6) is 0 Å². The fraction of sp³-hybridized carbons (Fsp3) is 0.300. The van der Waals surface area contributed by atoms with Crippen molar-refractivity contribution in [2.75, 3.05) is 18.8 Å². The summed E-state index contributed by atoms with van der Waals surface area (Å²) in [5.41, 5.74) is 1.73. The summed E-state index contributed by atoms with van der Waals surface area (Å²) in [5.74, 6) is 1.62. The lowest BCUT2D eigenvalue weighted by Gasteiger charge is -2.30. The van der Waals surface area contributed by atoms with Gasteiger partial charge in [-0.25, -0.2) is 15.0 Å². The highest BCUT2D eigenvalue weighted by Crippen LogP contribution is 2.31. The second-order valence-electron chi connectivity index (χ2n) is 6.78. The lowest BCUT2D eigenvalue weighted by atomic mass is 9.97. The van der Waals surface area contributed by atoms with Crippen LogP contribution in [0.4, 0.5) is 0 Å². The van der Waals surface area contributed by atoms with Gasteiger partial charge in [0.2, 0.25) is 5.91 Å². The van der Waals surface area contributed by atoms with Gasteiger partial charge >= 0.3 is 0 Å². The summed E-state index contributed by atoms with van der Waals surface area (Å²) in [4.78, 5) is 28.8. The number of thioether (sulfide) groups is 1. The smallest absolute Gasteiger partial charge is 0.232 e. The largest absolute Gasteiger partial charge is 0.440 e. The normalized spacial score (nSPS) is 15.5. The molecule has 1 aromatic carbocycles. The Balaban J connectivity index is 1.19. The number of aromatic nitrogens is 3. The van der Waals surface area contributed by atoms with Crippen LogP contribution in [0.3, 0.4) is 0 Å². The predicted octanol–water partition coefficient (Wildman–Crippen LogP) is 4.33. The van der Waals surface area contributed by atoms with Crippen molar-refractivity contribution < 1.29 is 9.21 Å². The number of carbonyl (C=O) groups is 1. The molecule has 4 aromatic rings. The molecular formula is C20H18N4O2S2. The van der Waals surface area contributed by atoms with Gasteiger partial charge in [-0.3, -0.25) is 4.79 Å². The zero-order chi connectivity index (χ0) is 18.9. The number of likely N-dealkylation sites (tertiary alicyclic amines) is 1. The highest BCUT2D eigenvalue weighted by molar-refractivity contribution is 8.00. The summed E-state index contributed by atoms with van der Waals surface area (Å²) >= 11 is 3.08. The Morgan fingerprint density at radius 3 is 2.93 bits per heavy atom. The van der Waals surface area contributed by atoms with E-state index < -0.39 is 0 Å². The lowest BCUT2D eigenvalue weighted by Crippen LogP contribution is -2.39. The van der Waals surface area contributed by atoms with Gasteiger partial charge in [-0.15, -0.1) is 11.3 Å². The molecule has 3 aromatic heterocycles. The molecule has 0 bridgehead atoms. The molecule has 8 heteroatoms. The van der Waals surface area contributed by atoms with Gasteiger partial charge in [0.1, 0.15) is 21.7 Å². The van der Waals surface area contributed by atoms with Crippen LogP contribution in [-0.4, -0.2) is 44.6 Å². The van der Waals surface area contributed by atoms with E-state index in [9.17, 15) is 4.79 Å². The minimum atomic E-state index is 0.156. The Kier molecular flexibility index (Phi) is 4.74. The number of nitrogens with zero attached hydrogens (tertiary/aromatic N) is 4. The average Bonchev–Trinajstić information content (AvgIpc) is 3.39. The fourth-order valence-corrected chi connectivity index (χ4v) is 5.23. The van der Waals surface area contributed by atoms with Gasteiger partial charge in [0, 0.05) is 24.4 Å². The molecule has 5 rings (SSSR count). The van der Waals surface area contributed by atoms with E-state index in [-0.39, 0.29) is 11.8 Å². The summed E-state index contributed by atoms with van der Waals surface area (Å²) in [6, 6.07) is 9.85. The first-order valence-corrected chi connectivity index (χ1v) is 11.1. The third-order valence-corrected chi connectivity index (χ3v) is 6.88. The van der Waals surface area contributed by atoms with Gasteiger partial charge in [-0.2, -0.15) is 0 Å². The summed E-state index contributed by atoms with van der Waals surface area (Å²) in [5, 5.41) is 3.91. The number of hydrogen-bond acceptors (Lipinski definition) is 7. The maximum Gasteiger partial charge on any atom is 0.232 e. The number of benzene rings is 1. The Labute approximate surface area is 170 Å². The van der Waals surface area contributed by atoms with Crippen LogP contribution in [-0.2, 0) is 4.79 Å². The number of hydrogen-bond donors (Lipinski definition) is 0. The van der Waals surface area contributed by atoms with Gasteiger partial charge < -0.3 is 9.32 Å². The molecule has 1 aliphatic heterocycles. The van der Waals surface area contributed by atoms with Gasteiger partial charge in [-0.1, -0.05) is 23.9 Å². The number of thiophene rings is 1. The second kappa shape index (κ2) is 7.52. The Bertz CT molecular complexity index is 1100. The minimum absolute atomic E-state index is 0.156. The molecule has 4 heterocycles. The molecule has 1 aliphatic rings. The van der Waals surface area contributed by atoms with Crippen molar-refractivity contribution in [1.82, 2.24) is 19.9 Å². The molecule has 0 unspecified atom stereocenters. The van der Waals surface area contributed by atoms with Crippen LogP contribution in [0.15, 0.2) is 51.5 Å². The Hall–Kier alpha value is -2.45. The quantitative estimate of drug-likeness (QED) is 0.368. The first kappa shape index (κ1) is 17.6. The van der Waals surface area contributed by atoms with Crippen LogP contribution in [0.1, 0.15) is 24.7 Å². The number of carbonyl (C=O) groups excluding carboxylic acids is 1. The fourth-order valence-electron chi connectivity index (χ4n) is 3.54. The topological polar surface area (TPSA) is 72.1 Å². The Morgan fingerprint density at radius 2 is 2.07 bits per heavy atom. The molecule has 142 valence electrons. The average molecular weight is 411 g/mol. The number of fused-ring (bicyclic) bond motifs is 2. The first-order chi connectivity index (χ1) is 13.8. The van der Waals surface area contributed by atoms with Crippen molar-refractivity contribution in [3.63, 3.8) is 0 Å². The zero-order valence-corrected chi connectivity index (χ0v) is 16.7. The molecule has 1 amide bonds. The SMILES string of the molecule is O=C(CSc1ncnc2sccc12)N1CCC(c2nc3ccccc3o2)CC1. The summed E-state index contributed by atoms with van der Waals surface area (Å²) in [6.07, 6.45) is 3.33. The molecule has 0 aliphatic carbocycles. The van der Waals surface area contributed by atoms with Crippen molar-refractivity contribution in [1.29, 1.82) is 0 Å². The zero-order valence-electron chi connectivity index (χ0n) is 15.1. The molecule has 0 atom stereocenters. The molecular weight excluding hydrogens is 392 g/mol. The number of amides is 1. The second-order valence-corrected chi connectivity index (χ2v) is 8.64. The molecule has 6 nitrogen and oxygen atoms in total. The van der Waals surface area contributed by atoms with Crippen LogP contribution >= 0.6 is 23.1 Å². The number of rotatable bonds is 4. The molecule has 0 N–H and O–H groups in total. The number of oxazole rings is 1. The van der Waals surface area contributed by atoms with Gasteiger partial charge in [0.05, 0.1) is 5.75 Å². The molecule has 28 heavy (non-hydrogen) atoms. The minimum Gasteiger partial charge on any atom is -0.440 e. The van der Waals surface area contributed by atoms with Crippen LogP contribution in [0, 0.1) is 0 Å². The van der Waals surface area contributed by atoms with Crippen molar-refractivity contribution in [3.8, 4) is 0 Å². The number of para-hydroxylation sites is 2. The monoisotopic (exact) mass is 410 g/mol. The van der Waals surface area contributed by atoms with E-state index in [1.54, 1.807) is 17.7 Å². The molecule has 1 fully saturated rings. The predicted molar refractivity (Wildman–Crippen MR) is 111 cm³/mol. The highest BCUT2D eigenvalue weighted by Gasteiger charge is 2.27. The van der Waals surface area contributed by atoms with E-state index in [1.165, 1.54) is 11.8 Å². The third-order valence-electron chi connectivity index (χ3n) is 5.06. The summed E-state index contributed by atoms with van der Waals surface area (Å²) in [6.45, 7) is 1.47. The van der Waals surface area contributed by atoms with Crippen LogP contribution in [0.2, 0.25) is 0 Å². The van der Waals surface area contributed by atoms with E-state index in [4.69, 9.17) is 4.42 Å². The molecule has 0 radical (unpaired) electrons. The maximum atomic E-state index is 12.7. The Morgan fingerprint density at radius 1 is 1.21 bits per heavy atom. The lowest BCUT2D eigenvalue weighted by molar-refractivity contribution is -0.129. The van der Waals surface area contributed by atoms with Crippen molar-refractivity contribution in [2.45, 2.75) is 23.8 Å². The van der Waals surface area contributed by atoms with Crippen molar-refractivity contribution in [3.05, 3.63) is 47.9 Å².